The average Bonchev–Trinajstić information content (AvgIpc) is 3.10. The van der Waals surface area contributed by atoms with Gasteiger partial charge >= 0.3 is 0 Å². The number of rotatable bonds is 7. The number of thiazole rings is 1. The largest absolute Gasteiger partial charge is 0.493 e. The number of hydrogen-bond donors (Lipinski definition) is 1. The van der Waals surface area contributed by atoms with E-state index in [9.17, 15) is 4.39 Å². The van der Waals surface area contributed by atoms with Gasteiger partial charge in [0.15, 0.2) is 0 Å². The van der Waals surface area contributed by atoms with Crippen LogP contribution in [0.1, 0.15) is 19.4 Å². The fraction of sp³-hybridized carbons (Fsp3) is 0.200. The standard InChI is InChI=1S/C20H20FN3OS/c1-14(2)12-25-18-9-3-15(4-10-18)11-22-24-20-23-19(13-26-20)16-5-7-17(21)8-6-16/h3-11,13-14H,12H2,1-2H3,(H,23,24)/b22-11-. The summed E-state index contributed by atoms with van der Waals surface area (Å²) >= 11 is 1.45. The van der Waals surface area contributed by atoms with Crippen LogP contribution in [0.5, 0.6) is 5.75 Å². The van der Waals surface area contributed by atoms with Crippen molar-refractivity contribution < 1.29 is 9.13 Å². The van der Waals surface area contributed by atoms with Crippen LogP contribution in [-0.4, -0.2) is 17.8 Å². The van der Waals surface area contributed by atoms with Gasteiger partial charge in [-0.2, -0.15) is 5.10 Å². The topological polar surface area (TPSA) is 46.5 Å². The lowest BCUT2D eigenvalue weighted by Crippen LogP contribution is -2.04. The minimum absolute atomic E-state index is 0.257. The Balaban J connectivity index is 1.56. The van der Waals surface area contributed by atoms with Gasteiger partial charge < -0.3 is 4.74 Å². The molecule has 0 radical (unpaired) electrons. The summed E-state index contributed by atoms with van der Waals surface area (Å²) in [7, 11) is 0. The monoisotopic (exact) mass is 369 g/mol. The third-order valence-corrected chi connectivity index (χ3v) is 4.23. The third kappa shape index (κ3) is 5.13. The average molecular weight is 369 g/mol. The van der Waals surface area contributed by atoms with Gasteiger partial charge in [-0.25, -0.2) is 9.37 Å². The summed E-state index contributed by atoms with van der Waals surface area (Å²) < 4.78 is 18.6. The molecular weight excluding hydrogens is 349 g/mol. The number of ether oxygens (including phenoxy) is 1. The van der Waals surface area contributed by atoms with Gasteiger partial charge in [-0.05, 0) is 60.0 Å². The molecule has 4 nitrogen and oxygen atoms in total. The Kier molecular flexibility index (Phi) is 5.96. The highest BCUT2D eigenvalue weighted by Gasteiger charge is 2.04. The van der Waals surface area contributed by atoms with Crippen molar-refractivity contribution in [3.05, 3.63) is 65.3 Å². The number of aromatic nitrogens is 1. The van der Waals surface area contributed by atoms with E-state index in [1.54, 1.807) is 18.3 Å². The number of nitrogens with one attached hydrogen (secondary N) is 1. The fourth-order valence-electron chi connectivity index (χ4n) is 2.15. The molecule has 0 spiro atoms. The zero-order valence-electron chi connectivity index (χ0n) is 14.6. The zero-order chi connectivity index (χ0) is 18.4. The van der Waals surface area contributed by atoms with Gasteiger partial charge in [0.1, 0.15) is 11.6 Å². The number of benzene rings is 2. The highest BCUT2D eigenvalue weighted by atomic mass is 32.1. The summed E-state index contributed by atoms with van der Waals surface area (Å²) in [6.45, 7) is 4.94. The van der Waals surface area contributed by atoms with Crippen molar-refractivity contribution in [3.8, 4) is 17.0 Å². The third-order valence-electron chi connectivity index (χ3n) is 3.48. The first-order chi connectivity index (χ1) is 12.6. The van der Waals surface area contributed by atoms with E-state index >= 15 is 0 Å². The van der Waals surface area contributed by atoms with Crippen molar-refractivity contribution in [1.82, 2.24) is 4.98 Å². The number of halogens is 1. The molecule has 2 aromatic carbocycles. The second-order valence-electron chi connectivity index (χ2n) is 6.19. The van der Waals surface area contributed by atoms with Crippen molar-refractivity contribution in [2.45, 2.75) is 13.8 Å². The van der Waals surface area contributed by atoms with Gasteiger partial charge in [0.05, 0.1) is 18.5 Å². The zero-order valence-corrected chi connectivity index (χ0v) is 15.5. The van der Waals surface area contributed by atoms with Crippen LogP contribution >= 0.6 is 11.3 Å². The molecule has 0 saturated heterocycles. The van der Waals surface area contributed by atoms with Gasteiger partial charge in [0.2, 0.25) is 5.13 Å². The molecule has 26 heavy (non-hydrogen) atoms. The van der Waals surface area contributed by atoms with E-state index < -0.39 is 0 Å². The molecule has 0 aliphatic rings. The summed E-state index contributed by atoms with van der Waals surface area (Å²) in [5, 5.41) is 6.80. The van der Waals surface area contributed by atoms with Crippen LogP contribution in [0.15, 0.2) is 59.0 Å². The lowest BCUT2D eigenvalue weighted by atomic mass is 10.2. The molecule has 0 fully saturated rings. The highest BCUT2D eigenvalue weighted by Crippen LogP contribution is 2.25. The van der Waals surface area contributed by atoms with Crippen LogP contribution in [0.4, 0.5) is 9.52 Å². The fourth-order valence-corrected chi connectivity index (χ4v) is 2.82. The predicted molar refractivity (Wildman–Crippen MR) is 105 cm³/mol. The first-order valence-corrected chi connectivity index (χ1v) is 9.21. The Labute approximate surface area is 156 Å². The van der Waals surface area contributed by atoms with E-state index in [1.165, 1.54) is 23.5 Å². The Morgan fingerprint density at radius 2 is 1.88 bits per heavy atom. The second kappa shape index (κ2) is 8.58. The molecule has 1 N–H and O–H groups in total. The van der Waals surface area contributed by atoms with Gasteiger partial charge in [-0.3, -0.25) is 5.43 Å². The van der Waals surface area contributed by atoms with Crippen molar-refractivity contribution in [2.75, 3.05) is 12.0 Å². The number of nitrogens with zero attached hydrogens (tertiary/aromatic N) is 2. The van der Waals surface area contributed by atoms with Gasteiger partial charge in [-0.1, -0.05) is 13.8 Å². The molecule has 0 aliphatic heterocycles. The van der Waals surface area contributed by atoms with Crippen molar-refractivity contribution in [2.24, 2.45) is 11.0 Å². The predicted octanol–water partition coefficient (Wildman–Crippen LogP) is 5.43. The van der Waals surface area contributed by atoms with Crippen molar-refractivity contribution >= 4 is 22.7 Å². The molecule has 6 heteroatoms. The van der Waals surface area contributed by atoms with E-state index in [1.807, 2.05) is 29.6 Å². The van der Waals surface area contributed by atoms with Gasteiger partial charge in [0, 0.05) is 10.9 Å². The summed E-state index contributed by atoms with van der Waals surface area (Å²) in [4.78, 5) is 4.45. The first kappa shape index (κ1) is 18.1. The SMILES string of the molecule is CC(C)COc1ccc(/C=N\Nc2nc(-c3ccc(F)cc3)cs2)cc1. The summed E-state index contributed by atoms with van der Waals surface area (Å²) in [6.07, 6.45) is 1.73. The summed E-state index contributed by atoms with van der Waals surface area (Å²) in [5.41, 5.74) is 5.55. The Morgan fingerprint density at radius 3 is 2.58 bits per heavy atom. The minimum atomic E-state index is -0.257. The molecule has 3 rings (SSSR count). The maximum atomic E-state index is 13.0. The number of anilines is 1. The molecule has 0 aliphatic carbocycles. The van der Waals surface area contributed by atoms with E-state index in [4.69, 9.17) is 4.74 Å². The summed E-state index contributed by atoms with van der Waals surface area (Å²) in [6, 6.07) is 14.0. The second-order valence-corrected chi connectivity index (χ2v) is 7.05. The molecule has 0 saturated carbocycles. The number of hydrogen-bond acceptors (Lipinski definition) is 5. The first-order valence-electron chi connectivity index (χ1n) is 8.33. The Bertz CT molecular complexity index is 858. The molecule has 0 bridgehead atoms. The lowest BCUT2D eigenvalue weighted by molar-refractivity contribution is 0.271. The van der Waals surface area contributed by atoms with Crippen LogP contribution in [0, 0.1) is 11.7 Å². The smallest absolute Gasteiger partial charge is 0.203 e. The van der Waals surface area contributed by atoms with E-state index in [0.717, 1.165) is 22.6 Å². The Morgan fingerprint density at radius 1 is 1.15 bits per heavy atom. The van der Waals surface area contributed by atoms with Crippen molar-refractivity contribution in [1.29, 1.82) is 0 Å². The van der Waals surface area contributed by atoms with E-state index in [0.29, 0.717) is 17.7 Å². The van der Waals surface area contributed by atoms with Crippen molar-refractivity contribution in [3.63, 3.8) is 0 Å². The van der Waals surface area contributed by atoms with Gasteiger partial charge in [0.25, 0.3) is 0 Å². The quantitative estimate of drug-likeness (QED) is 0.446. The van der Waals surface area contributed by atoms with Crippen LogP contribution in [0.25, 0.3) is 11.3 Å². The van der Waals surface area contributed by atoms with Crippen LogP contribution in [0.3, 0.4) is 0 Å². The summed E-state index contributed by atoms with van der Waals surface area (Å²) in [5.74, 6) is 1.10. The van der Waals surface area contributed by atoms with E-state index in [2.05, 4.69) is 29.4 Å². The molecule has 0 atom stereocenters. The molecule has 0 amide bonds. The highest BCUT2D eigenvalue weighted by molar-refractivity contribution is 7.14. The van der Waals surface area contributed by atoms with E-state index in [-0.39, 0.29) is 5.82 Å². The van der Waals surface area contributed by atoms with Crippen LogP contribution in [0.2, 0.25) is 0 Å². The maximum absolute atomic E-state index is 13.0. The lowest BCUT2D eigenvalue weighted by Gasteiger charge is -2.08. The van der Waals surface area contributed by atoms with Gasteiger partial charge in [-0.15, -0.1) is 11.3 Å². The molecule has 3 aromatic rings. The molecule has 0 unspecified atom stereocenters. The Hall–Kier alpha value is -2.73. The molecule has 134 valence electrons. The maximum Gasteiger partial charge on any atom is 0.203 e. The molecule has 1 aromatic heterocycles. The van der Waals surface area contributed by atoms with Crippen LogP contribution < -0.4 is 10.2 Å². The van der Waals surface area contributed by atoms with Crippen LogP contribution in [-0.2, 0) is 0 Å². The minimum Gasteiger partial charge on any atom is -0.493 e. The number of hydrazone groups is 1. The molecule has 1 heterocycles. The molecular formula is C20H20FN3OS. The normalized spacial score (nSPS) is 11.2.